The number of amidine groups is 1. The van der Waals surface area contributed by atoms with Crippen molar-refractivity contribution in [3.05, 3.63) is 12.3 Å². The molecule has 0 radical (unpaired) electrons. The quantitative estimate of drug-likeness (QED) is 0.110. The second-order valence-electron chi connectivity index (χ2n) is 4.33. The van der Waals surface area contributed by atoms with Crippen LogP contribution in [0.1, 0.15) is 12.8 Å². The standard InChI is InChI=1S/C12H15F3N8S/c13-12(14,15)6-20-10(18)22-9-3-4-19-11(23-9)24-5-1-2-8(17)21-7-16/h3-4H,1-2,5-6H2,(H2,17,21)(H3,18,19,20,22,23). The number of nitrogens with two attached hydrogens (primary N) is 1. The van der Waals surface area contributed by atoms with Crippen molar-refractivity contribution in [2.75, 3.05) is 17.6 Å². The summed E-state index contributed by atoms with van der Waals surface area (Å²) in [6.07, 6.45) is -0.276. The Morgan fingerprint density at radius 2 is 2.25 bits per heavy atom. The van der Waals surface area contributed by atoms with Gasteiger partial charge in [-0.15, -0.1) is 0 Å². The lowest BCUT2D eigenvalue weighted by Gasteiger charge is -2.07. The number of aliphatic imine (C=N–C) groups is 1. The molecule has 1 aromatic heterocycles. The van der Waals surface area contributed by atoms with E-state index in [2.05, 4.69) is 25.6 Å². The van der Waals surface area contributed by atoms with Gasteiger partial charge in [-0.1, -0.05) is 11.8 Å². The highest BCUT2D eigenvalue weighted by Crippen LogP contribution is 2.17. The third-order valence-corrected chi connectivity index (χ3v) is 3.28. The zero-order valence-electron chi connectivity index (χ0n) is 12.4. The van der Waals surface area contributed by atoms with Crippen molar-refractivity contribution in [1.82, 2.24) is 15.3 Å². The molecule has 0 aliphatic carbocycles. The average molecular weight is 360 g/mol. The van der Waals surface area contributed by atoms with Crippen molar-refractivity contribution >= 4 is 29.4 Å². The number of rotatable bonds is 7. The van der Waals surface area contributed by atoms with E-state index >= 15 is 0 Å². The molecule has 0 unspecified atom stereocenters. The fourth-order valence-electron chi connectivity index (χ4n) is 1.37. The van der Waals surface area contributed by atoms with E-state index in [0.717, 1.165) is 0 Å². The first-order valence-electron chi connectivity index (χ1n) is 6.62. The highest BCUT2D eigenvalue weighted by atomic mass is 32.2. The molecule has 1 aromatic rings. The Bertz CT molecular complexity index is 625. The molecule has 1 heterocycles. The summed E-state index contributed by atoms with van der Waals surface area (Å²) in [6.45, 7) is -1.37. The molecule has 0 saturated carbocycles. The number of anilines is 1. The Hall–Kier alpha value is -2.55. The number of nitrogens with zero attached hydrogens (tertiary/aromatic N) is 4. The van der Waals surface area contributed by atoms with Gasteiger partial charge in [-0.25, -0.2) is 15.0 Å². The first kappa shape index (κ1) is 19.5. The van der Waals surface area contributed by atoms with E-state index in [9.17, 15) is 13.2 Å². The second kappa shape index (κ2) is 9.56. The minimum atomic E-state index is -4.42. The van der Waals surface area contributed by atoms with Crippen molar-refractivity contribution in [1.29, 1.82) is 10.7 Å². The summed E-state index contributed by atoms with van der Waals surface area (Å²) in [5, 5.41) is 20.8. The van der Waals surface area contributed by atoms with E-state index in [1.54, 1.807) is 6.19 Å². The molecule has 24 heavy (non-hydrogen) atoms. The van der Waals surface area contributed by atoms with Gasteiger partial charge in [0.05, 0.1) is 0 Å². The molecule has 8 nitrogen and oxygen atoms in total. The van der Waals surface area contributed by atoms with Crippen LogP contribution in [0.25, 0.3) is 0 Å². The summed E-state index contributed by atoms with van der Waals surface area (Å²) < 4.78 is 36.1. The van der Waals surface area contributed by atoms with Crippen LogP contribution < -0.4 is 16.4 Å². The lowest BCUT2D eigenvalue weighted by atomic mass is 10.3. The molecule has 0 saturated heterocycles. The van der Waals surface area contributed by atoms with Gasteiger partial charge in [-0.05, 0) is 12.5 Å². The van der Waals surface area contributed by atoms with E-state index < -0.39 is 18.7 Å². The fraction of sp³-hybridized carbons (Fsp3) is 0.417. The van der Waals surface area contributed by atoms with Gasteiger partial charge in [0.2, 0.25) is 0 Å². The molecule has 0 fully saturated rings. The molecular weight excluding hydrogens is 345 g/mol. The second-order valence-corrected chi connectivity index (χ2v) is 5.40. The zero-order chi connectivity index (χ0) is 18.0. The van der Waals surface area contributed by atoms with Gasteiger partial charge < -0.3 is 11.1 Å². The molecular formula is C12H15F3N8S. The van der Waals surface area contributed by atoms with E-state index in [1.165, 1.54) is 24.0 Å². The third-order valence-electron chi connectivity index (χ3n) is 2.33. The number of hydrogen-bond acceptors (Lipinski definition) is 6. The molecule has 5 N–H and O–H groups in total. The molecule has 12 heteroatoms. The smallest absolute Gasteiger partial charge is 0.370 e. The number of nitrogens with one attached hydrogen (secondary N) is 3. The largest absolute Gasteiger partial charge is 0.408 e. The molecule has 0 aliphatic heterocycles. The summed E-state index contributed by atoms with van der Waals surface area (Å²) in [5.74, 6) is 0.576. The highest BCUT2D eigenvalue weighted by Gasteiger charge is 2.26. The van der Waals surface area contributed by atoms with Gasteiger partial charge in [0.1, 0.15) is 18.2 Å². The topological polar surface area (TPSA) is 136 Å². The number of hydrogen-bond donors (Lipinski definition) is 4. The van der Waals surface area contributed by atoms with Gasteiger partial charge in [0, 0.05) is 18.4 Å². The normalized spacial score (nSPS) is 11.7. The van der Waals surface area contributed by atoms with Gasteiger partial charge in [0.25, 0.3) is 0 Å². The summed E-state index contributed by atoms with van der Waals surface area (Å²) in [5.41, 5.74) is 5.36. The van der Waals surface area contributed by atoms with E-state index in [0.29, 0.717) is 23.8 Å². The number of guanidine groups is 1. The Balaban J connectivity index is 2.46. The van der Waals surface area contributed by atoms with Crippen LogP contribution in [0.4, 0.5) is 19.0 Å². The van der Waals surface area contributed by atoms with Gasteiger partial charge >= 0.3 is 6.18 Å². The highest BCUT2D eigenvalue weighted by molar-refractivity contribution is 7.99. The Labute approximate surface area is 140 Å². The van der Waals surface area contributed by atoms with Crippen molar-refractivity contribution in [3.63, 3.8) is 0 Å². The van der Waals surface area contributed by atoms with E-state index in [-0.39, 0.29) is 11.7 Å². The summed E-state index contributed by atoms with van der Waals surface area (Å²) in [4.78, 5) is 11.3. The first-order chi connectivity index (χ1) is 11.3. The number of alkyl halides is 3. The van der Waals surface area contributed by atoms with Gasteiger partial charge in [0.15, 0.2) is 17.3 Å². The number of nitriles is 1. The molecule has 0 aromatic carbocycles. The van der Waals surface area contributed by atoms with Crippen LogP contribution in [0, 0.1) is 16.9 Å². The first-order valence-corrected chi connectivity index (χ1v) is 7.61. The molecule has 0 aliphatic rings. The lowest BCUT2D eigenvalue weighted by molar-refractivity contribution is -0.118. The van der Waals surface area contributed by atoms with Gasteiger partial charge in [-0.2, -0.15) is 18.4 Å². The predicted molar refractivity (Wildman–Crippen MR) is 84.6 cm³/mol. The minimum absolute atomic E-state index is 0.128. The van der Waals surface area contributed by atoms with Crippen LogP contribution >= 0.6 is 11.8 Å². The van der Waals surface area contributed by atoms with Crippen LogP contribution in [0.5, 0.6) is 0 Å². The molecule has 130 valence electrons. The molecule has 1 rings (SSSR count). The summed E-state index contributed by atoms with van der Waals surface area (Å²) >= 11 is 1.31. The number of thioether (sulfide) groups is 1. The van der Waals surface area contributed by atoms with Crippen molar-refractivity contribution in [2.45, 2.75) is 24.2 Å². The monoisotopic (exact) mass is 360 g/mol. The fourth-order valence-corrected chi connectivity index (χ4v) is 2.14. The average Bonchev–Trinajstić information content (AvgIpc) is 2.50. The zero-order valence-corrected chi connectivity index (χ0v) is 13.2. The molecule has 0 amide bonds. The predicted octanol–water partition coefficient (Wildman–Crippen LogP) is 1.69. The van der Waals surface area contributed by atoms with E-state index in [4.69, 9.17) is 16.4 Å². The van der Waals surface area contributed by atoms with E-state index in [1.807, 2.05) is 0 Å². The summed E-state index contributed by atoms with van der Waals surface area (Å²) in [7, 11) is 0. The van der Waals surface area contributed by atoms with Gasteiger partial charge in [-0.3, -0.25) is 10.7 Å². The van der Waals surface area contributed by atoms with Crippen molar-refractivity contribution < 1.29 is 13.2 Å². The third kappa shape index (κ3) is 8.79. The maximum atomic E-state index is 12.0. The minimum Gasteiger partial charge on any atom is -0.370 e. The lowest BCUT2D eigenvalue weighted by Crippen LogP contribution is -2.26. The SMILES string of the molecule is N#CNC(=N)CCCSc1nccc(NC(N)=NCC(F)(F)F)n1. The van der Waals surface area contributed by atoms with Crippen molar-refractivity contribution in [3.8, 4) is 6.19 Å². The Kier molecular flexibility index (Phi) is 7.76. The van der Waals surface area contributed by atoms with Crippen LogP contribution in [0.15, 0.2) is 22.4 Å². The van der Waals surface area contributed by atoms with Crippen LogP contribution in [0.3, 0.4) is 0 Å². The number of aromatic nitrogens is 2. The maximum Gasteiger partial charge on any atom is 0.408 e. The molecule has 0 spiro atoms. The maximum absolute atomic E-state index is 12.0. The molecule has 0 bridgehead atoms. The Morgan fingerprint density at radius 1 is 1.50 bits per heavy atom. The Morgan fingerprint density at radius 3 is 2.92 bits per heavy atom. The van der Waals surface area contributed by atoms with Crippen molar-refractivity contribution in [2.24, 2.45) is 10.7 Å². The number of halogens is 3. The molecule has 0 atom stereocenters. The summed E-state index contributed by atoms with van der Waals surface area (Å²) in [6, 6.07) is 1.45. The van der Waals surface area contributed by atoms with Crippen LogP contribution in [-0.4, -0.2) is 40.2 Å². The van der Waals surface area contributed by atoms with Crippen LogP contribution in [-0.2, 0) is 0 Å². The van der Waals surface area contributed by atoms with Crippen LogP contribution in [0.2, 0.25) is 0 Å².